The number of nitrogens with one attached hydrogen (secondary N) is 1. The van der Waals surface area contributed by atoms with Gasteiger partial charge in [0.1, 0.15) is 0 Å². The number of rotatable bonds is 1. The predicted molar refractivity (Wildman–Crippen MR) is 78.5 cm³/mol. The molecule has 1 aromatic heterocycles. The van der Waals surface area contributed by atoms with Crippen molar-refractivity contribution < 1.29 is 9.59 Å². The van der Waals surface area contributed by atoms with Gasteiger partial charge in [0.25, 0.3) is 11.7 Å². The highest BCUT2D eigenvalue weighted by Crippen LogP contribution is 2.32. The van der Waals surface area contributed by atoms with E-state index in [1.807, 2.05) is 23.5 Å². The first-order chi connectivity index (χ1) is 9.72. The van der Waals surface area contributed by atoms with E-state index in [1.54, 1.807) is 6.07 Å². The second kappa shape index (κ2) is 4.18. The van der Waals surface area contributed by atoms with Crippen LogP contribution in [0.25, 0.3) is 0 Å². The zero-order valence-electron chi connectivity index (χ0n) is 10.7. The predicted octanol–water partition coefficient (Wildman–Crippen LogP) is 2.45. The number of nitrogens with zero attached hydrogens (tertiary/aromatic N) is 1. The number of carbonyl (C=O) groups is 2. The van der Waals surface area contributed by atoms with Crippen LogP contribution >= 0.6 is 11.3 Å². The van der Waals surface area contributed by atoms with Crippen LogP contribution in [0.2, 0.25) is 0 Å². The van der Waals surface area contributed by atoms with Gasteiger partial charge in [0.05, 0.1) is 11.3 Å². The fraction of sp³-hybridized carbons (Fsp3) is 0.200. The Morgan fingerprint density at radius 1 is 1.20 bits per heavy atom. The molecule has 3 heterocycles. The Bertz CT molecular complexity index is 735. The molecule has 0 saturated heterocycles. The molecule has 0 saturated carbocycles. The maximum Gasteiger partial charge on any atom is 0.296 e. The van der Waals surface area contributed by atoms with Crippen molar-refractivity contribution >= 4 is 34.4 Å². The summed E-state index contributed by atoms with van der Waals surface area (Å²) in [5.41, 5.74) is 3.54. The number of hydrogen-bond donors (Lipinski definition) is 1. The van der Waals surface area contributed by atoms with E-state index in [2.05, 4.69) is 21.7 Å². The van der Waals surface area contributed by atoms with E-state index in [4.69, 9.17) is 0 Å². The van der Waals surface area contributed by atoms with Gasteiger partial charge in [-0.15, -0.1) is 11.3 Å². The van der Waals surface area contributed by atoms with Crippen LogP contribution in [0, 0.1) is 0 Å². The molecule has 0 bridgehead atoms. The fourth-order valence-corrected chi connectivity index (χ4v) is 3.69. The van der Waals surface area contributed by atoms with Gasteiger partial charge in [0, 0.05) is 23.7 Å². The maximum atomic E-state index is 11.6. The maximum absolute atomic E-state index is 11.6. The van der Waals surface area contributed by atoms with Gasteiger partial charge < -0.3 is 10.2 Å². The molecule has 1 amide bonds. The zero-order chi connectivity index (χ0) is 13.7. The standard InChI is InChI=1S/C15H12N2O2S/c18-14-11-2-1-10(7-12(11)16-15(14)19)17-5-3-13-9(8-17)4-6-20-13/h1-2,4,6-7H,3,5,8H2,(H,16,18,19). The van der Waals surface area contributed by atoms with E-state index >= 15 is 0 Å². The summed E-state index contributed by atoms with van der Waals surface area (Å²) < 4.78 is 0. The van der Waals surface area contributed by atoms with Gasteiger partial charge in [0.2, 0.25) is 0 Å². The zero-order valence-corrected chi connectivity index (χ0v) is 11.5. The number of fused-ring (bicyclic) bond motifs is 2. The molecule has 4 nitrogen and oxygen atoms in total. The van der Waals surface area contributed by atoms with Crippen LogP contribution in [-0.2, 0) is 17.8 Å². The number of benzene rings is 1. The highest BCUT2D eigenvalue weighted by Gasteiger charge is 2.28. The van der Waals surface area contributed by atoms with Crippen molar-refractivity contribution in [2.45, 2.75) is 13.0 Å². The number of amides is 1. The third kappa shape index (κ3) is 1.67. The monoisotopic (exact) mass is 284 g/mol. The van der Waals surface area contributed by atoms with Crippen molar-refractivity contribution in [2.75, 3.05) is 16.8 Å². The Morgan fingerprint density at radius 2 is 2.10 bits per heavy atom. The molecule has 4 rings (SSSR count). The van der Waals surface area contributed by atoms with Gasteiger partial charge in [-0.3, -0.25) is 9.59 Å². The third-order valence-corrected chi connectivity index (χ3v) is 4.90. The smallest absolute Gasteiger partial charge is 0.296 e. The number of carbonyl (C=O) groups excluding carboxylic acids is 2. The molecular weight excluding hydrogens is 272 g/mol. The van der Waals surface area contributed by atoms with Gasteiger partial charge in [-0.25, -0.2) is 0 Å². The fourth-order valence-electron chi connectivity index (χ4n) is 2.80. The van der Waals surface area contributed by atoms with Crippen molar-refractivity contribution in [3.63, 3.8) is 0 Å². The Morgan fingerprint density at radius 3 is 3.00 bits per heavy atom. The lowest BCUT2D eigenvalue weighted by molar-refractivity contribution is -0.112. The minimum absolute atomic E-state index is 0.440. The van der Waals surface area contributed by atoms with Crippen LogP contribution < -0.4 is 10.2 Å². The molecule has 5 heteroatoms. The summed E-state index contributed by atoms with van der Waals surface area (Å²) in [6, 6.07) is 7.74. The summed E-state index contributed by atoms with van der Waals surface area (Å²) >= 11 is 1.81. The lowest BCUT2D eigenvalue weighted by Gasteiger charge is -2.29. The van der Waals surface area contributed by atoms with Gasteiger partial charge >= 0.3 is 0 Å². The number of ketones is 1. The van der Waals surface area contributed by atoms with Gasteiger partial charge in [-0.2, -0.15) is 0 Å². The van der Waals surface area contributed by atoms with Crippen molar-refractivity contribution in [3.8, 4) is 0 Å². The molecule has 0 aliphatic carbocycles. The number of thiophene rings is 1. The summed E-state index contributed by atoms with van der Waals surface area (Å²) in [4.78, 5) is 26.7. The quantitative estimate of drug-likeness (QED) is 0.818. The normalized spacial score (nSPS) is 16.9. The van der Waals surface area contributed by atoms with Crippen molar-refractivity contribution in [2.24, 2.45) is 0 Å². The van der Waals surface area contributed by atoms with Crippen LogP contribution in [-0.4, -0.2) is 18.2 Å². The molecule has 0 unspecified atom stereocenters. The van der Waals surface area contributed by atoms with E-state index in [1.165, 1.54) is 10.4 Å². The number of hydrogen-bond acceptors (Lipinski definition) is 4. The topological polar surface area (TPSA) is 49.4 Å². The summed E-state index contributed by atoms with van der Waals surface area (Å²) in [6.45, 7) is 1.85. The number of anilines is 2. The van der Waals surface area contributed by atoms with Gasteiger partial charge in [-0.1, -0.05) is 0 Å². The highest BCUT2D eigenvalue weighted by molar-refractivity contribution is 7.10. The van der Waals surface area contributed by atoms with E-state index in [0.717, 1.165) is 25.2 Å². The van der Waals surface area contributed by atoms with Crippen molar-refractivity contribution in [3.05, 3.63) is 45.6 Å². The van der Waals surface area contributed by atoms with Crippen LogP contribution in [0.3, 0.4) is 0 Å². The first kappa shape index (κ1) is 11.7. The van der Waals surface area contributed by atoms with Crippen LogP contribution in [0.5, 0.6) is 0 Å². The van der Waals surface area contributed by atoms with E-state index in [9.17, 15) is 9.59 Å². The second-order valence-electron chi connectivity index (χ2n) is 5.05. The largest absolute Gasteiger partial charge is 0.367 e. The van der Waals surface area contributed by atoms with E-state index in [0.29, 0.717) is 11.3 Å². The van der Waals surface area contributed by atoms with Crippen molar-refractivity contribution in [1.29, 1.82) is 0 Å². The average molecular weight is 284 g/mol. The molecule has 2 aliphatic rings. The van der Waals surface area contributed by atoms with E-state index in [-0.39, 0.29) is 0 Å². The van der Waals surface area contributed by atoms with Gasteiger partial charge in [-0.05, 0) is 41.6 Å². The Kier molecular flexibility index (Phi) is 2.44. The molecule has 1 aromatic carbocycles. The number of Topliss-reactive ketones (excluding diaryl/α,β-unsaturated/α-hetero) is 1. The third-order valence-electron chi connectivity index (χ3n) is 3.88. The molecule has 0 radical (unpaired) electrons. The van der Waals surface area contributed by atoms with Crippen LogP contribution in [0.4, 0.5) is 11.4 Å². The Hall–Kier alpha value is -2.14. The molecule has 1 N–H and O–H groups in total. The lowest BCUT2D eigenvalue weighted by Crippen LogP contribution is -2.29. The van der Waals surface area contributed by atoms with Crippen LogP contribution in [0.15, 0.2) is 29.6 Å². The molecule has 100 valence electrons. The summed E-state index contributed by atoms with van der Waals surface area (Å²) in [5.74, 6) is -0.971. The highest BCUT2D eigenvalue weighted by atomic mass is 32.1. The summed E-state index contributed by atoms with van der Waals surface area (Å²) in [5, 5.41) is 4.76. The SMILES string of the molecule is O=C1Nc2cc(N3CCc4sccc4C3)ccc2C1=O. The molecule has 2 aromatic rings. The molecule has 0 atom stereocenters. The summed E-state index contributed by atoms with van der Waals surface area (Å²) in [7, 11) is 0. The lowest BCUT2D eigenvalue weighted by atomic mass is 10.1. The minimum atomic E-state index is -0.532. The first-order valence-corrected chi connectivity index (χ1v) is 7.40. The second-order valence-corrected chi connectivity index (χ2v) is 6.05. The molecule has 0 fully saturated rings. The van der Waals surface area contributed by atoms with Gasteiger partial charge in [0.15, 0.2) is 0 Å². The Labute approximate surface area is 120 Å². The minimum Gasteiger partial charge on any atom is -0.367 e. The molecular formula is C15H12N2O2S. The first-order valence-electron chi connectivity index (χ1n) is 6.52. The molecule has 2 aliphatic heterocycles. The molecule has 20 heavy (non-hydrogen) atoms. The van der Waals surface area contributed by atoms with Crippen molar-refractivity contribution in [1.82, 2.24) is 0 Å². The molecule has 0 spiro atoms. The average Bonchev–Trinajstić information content (AvgIpc) is 3.03. The van der Waals surface area contributed by atoms with E-state index < -0.39 is 11.7 Å². The van der Waals surface area contributed by atoms with Crippen LogP contribution in [0.1, 0.15) is 20.8 Å². The summed E-state index contributed by atoms with van der Waals surface area (Å²) in [6.07, 6.45) is 1.05. The Balaban J connectivity index is 1.67.